The van der Waals surface area contributed by atoms with Crippen LogP contribution in [-0.4, -0.2) is 6.10 Å². The first-order chi connectivity index (χ1) is 10.2. The summed E-state index contributed by atoms with van der Waals surface area (Å²) in [4.78, 5) is 0. The van der Waals surface area contributed by atoms with E-state index in [1.165, 1.54) is 0 Å². The minimum absolute atomic E-state index is 0.0819. The van der Waals surface area contributed by atoms with Crippen LogP contribution in [0, 0.1) is 0 Å². The van der Waals surface area contributed by atoms with E-state index in [4.69, 9.17) is 10.6 Å². The Morgan fingerprint density at radius 1 is 1.05 bits per heavy atom. The predicted octanol–water partition coefficient (Wildman–Crippen LogP) is 4.31. The first-order valence-corrected chi connectivity index (χ1v) is 8.43. The summed E-state index contributed by atoms with van der Waals surface area (Å²) in [7, 11) is 0. The molecule has 0 radical (unpaired) electrons. The molecule has 0 spiro atoms. The molecule has 1 fully saturated rings. The van der Waals surface area contributed by atoms with E-state index in [0.29, 0.717) is 6.10 Å². The maximum Gasteiger partial charge on any atom is 0.120 e. The summed E-state index contributed by atoms with van der Waals surface area (Å²) in [5.41, 5.74) is 5.06. The van der Waals surface area contributed by atoms with E-state index >= 15 is 0 Å². The number of nitrogens with two attached hydrogens (primary N) is 1. The van der Waals surface area contributed by atoms with Gasteiger partial charge in [0.25, 0.3) is 0 Å². The van der Waals surface area contributed by atoms with Crippen molar-refractivity contribution in [3.05, 3.63) is 62.5 Å². The average Bonchev–Trinajstić information content (AvgIpc) is 3.23. The van der Waals surface area contributed by atoms with Gasteiger partial charge >= 0.3 is 0 Å². The Labute approximate surface area is 141 Å². The third-order valence-electron chi connectivity index (χ3n) is 3.40. The number of hydrazine groups is 1. The van der Waals surface area contributed by atoms with Crippen molar-refractivity contribution in [1.29, 1.82) is 0 Å². The largest absolute Gasteiger partial charge is 0.490 e. The SMILES string of the molecule is NNC(c1cc(Br)cc(Br)c1)c1cccc(OC2CC2)c1. The highest BCUT2D eigenvalue weighted by atomic mass is 79.9. The number of nitrogens with one attached hydrogen (secondary N) is 1. The first-order valence-electron chi connectivity index (χ1n) is 6.84. The van der Waals surface area contributed by atoms with Crippen LogP contribution in [0.1, 0.15) is 30.0 Å². The van der Waals surface area contributed by atoms with E-state index in [2.05, 4.69) is 61.6 Å². The van der Waals surface area contributed by atoms with Gasteiger partial charge in [-0.1, -0.05) is 44.0 Å². The van der Waals surface area contributed by atoms with Crippen LogP contribution in [0.25, 0.3) is 0 Å². The molecule has 1 unspecified atom stereocenters. The molecule has 1 atom stereocenters. The highest BCUT2D eigenvalue weighted by Crippen LogP contribution is 2.31. The summed E-state index contributed by atoms with van der Waals surface area (Å²) in [5.74, 6) is 6.69. The molecule has 0 heterocycles. The summed E-state index contributed by atoms with van der Waals surface area (Å²) < 4.78 is 7.88. The van der Waals surface area contributed by atoms with Gasteiger partial charge < -0.3 is 4.74 Å². The van der Waals surface area contributed by atoms with E-state index in [1.807, 2.05) is 18.2 Å². The lowest BCUT2D eigenvalue weighted by atomic mass is 9.99. The fraction of sp³-hybridized carbons (Fsp3) is 0.250. The molecule has 1 saturated carbocycles. The molecule has 0 saturated heterocycles. The average molecular weight is 412 g/mol. The molecule has 0 amide bonds. The van der Waals surface area contributed by atoms with E-state index in [9.17, 15) is 0 Å². The summed E-state index contributed by atoms with van der Waals surface area (Å²) in [6.07, 6.45) is 2.70. The normalized spacial score (nSPS) is 15.8. The second-order valence-electron chi connectivity index (χ2n) is 5.19. The molecule has 0 aromatic heterocycles. The second-order valence-corrected chi connectivity index (χ2v) is 7.02. The maximum atomic E-state index is 5.86. The molecular weight excluding hydrogens is 396 g/mol. The van der Waals surface area contributed by atoms with Crippen LogP contribution in [0.3, 0.4) is 0 Å². The zero-order chi connectivity index (χ0) is 14.8. The van der Waals surface area contributed by atoms with E-state index in [-0.39, 0.29) is 6.04 Å². The van der Waals surface area contributed by atoms with Crippen molar-refractivity contribution in [2.75, 3.05) is 0 Å². The number of hydrogen-bond donors (Lipinski definition) is 2. The third kappa shape index (κ3) is 3.86. The lowest BCUT2D eigenvalue weighted by molar-refractivity contribution is 0.302. The summed E-state index contributed by atoms with van der Waals surface area (Å²) in [6.45, 7) is 0. The Hall–Kier alpha value is -0.880. The van der Waals surface area contributed by atoms with Crippen molar-refractivity contribution in [3.63, 3.8) is 0 Å². The summed E-state index contributed by atoms with van der Waals surface area (Å²) in [6, 6.07) is 14.1. The molecule has 110 valence electrons. The standard InChI is InChI=1S/C16H16Br2N2O/c17-12-6-11(7-13(18)9-12)16(20-19)10-2-1-3-15(8-10)21-14-4-5-14/h1-3,6-9,14,16,20H,4-5,19H2. The quantitative estimate of drug-likeness (QED) is 0.569. The molecule has 3 N–H and O–H groups in total. The molecule has 3 rings (SSSR count). The van der Waals surface area contributed by atoms with Crippen molar-refractivity contribution >= 4 is 31.9 Å². The Morgan fingerprint density at radius 3 is 2.38 bits per heavy atom. The number of benzene rings is 2. The molecule has 21 heavy (non-hydrogen) atoms. The monoisotopic (exact) mass is 410 g/mol. The van der Waals surface area contributed by atoms with Gasteiger partial charge in [0.05, 0.1) is 12.1 Å². The lowest BCUT2D eigenvalue weighted by Gasteiger charge is -2.18. The minimum Gasteiger partial charge on any atom is -0.490 e. The molecule has 3 nitrogen and oxygen atoms in total. The molecular formula is C16H16Br2N2O. The zero-order valence-corrected chi connectivity index (χ0v) is 14.5. The van der Waals surface area contributed by atoms with Gasteiger partial charge in [-0.25, -0.2) is 5.43 Å². The maximum absolute atomic E-state index is 5.86. The van der Waals surface area contributed by atoms with Crippen LogP contribution in [-0.2, 0) is 0 Å². The molecule has 0 bridgehead atoms. The predicted molar refractivity (Wildman–Crippen MR) is 91.1 cm³/mol. The molecule has 1 aliphatic carbocycles. The highest BCUT2D eigenvalue weighted by Gasteiger charge is 2.24. The van der Waals surface area contributed by atoms with Crippen LogP contribution >= 0.6 is 31.9 Å². The molecule has 0 aliphatic heterocycles. The second kappa shape index (κ2) is 6.48. The van der Waals surface area contributed by atoms with Crippen molar-refractivity contribution < 1.29 is 4.74 Å². The number of ether oxygens (including phenoxy) is 1. The van der Waals surface area contributed by atoms with Crippen molar-refractivity contribution in [2.24, 2.45) is 5.84 Å². The van der Waals surface area contributed by atoms with Gasteiger partial charge in [-0.3, -0.25) is 5.84 Å². The Kier molecular flexibility index (Phi) is 4.64. The Balaban J connectivity index is 1.91. The van der Waals surface area contributed by atoms with E-state index in [0.717, 1.165) is 38.7 Å². The number of hydrogen-bond acceptors (Lipinski definition) is 3. The lowest BCUT2D eigenvalue weighted by Crippen LogP contribution is -2.28. The van der Waals surface area contributed by atoms with Gasteiger partial charge in [0.1, 0.15) is 5.75 Å². The van der Waals surface area contributed by atoms with Crippen molar-refractivity contribution in [1.82, 2.24) is 5.43 Å². The fourth-order valence-electron chi connectivity index (χ4n) is 2.27. The van der Waals surface area contributed by atoms with Gasteiger partial charge in [0.2, 0.25) is 0 Å². The Bertz CT molecular complexity index is 624. The third-order valence-corrected chi connectivity index (χ3v) is 4.32. The molecule has 2 aromatic rings. The Morgan fingerprint density at radius 2 is 1.76 bits per heavy atom. The van der Waals surface area contributed by atoms with Gasteiger partial charge in [-0.2, -0.15) is 0 Å². The molecule has 1 aliphatic rings. The molecule has 2 aromatic carbocycles. The van der Waals surface area contributed by atoms with Crippen LogP contribution in [0.5, 0.6) is 5.75 Å². The van der Waals surface area contributed by atoms with Gasteiger partial charge in [-0.15, -0.1) is 0 Å². The minimum atomic E-state index is -0.0819. The van der Waals surface area contributed by atoms with Gasteiger partial charge in [-0.05, 0) is 54.3 Å². The van der Waals surface area contributed by atoms with Gasteiger partial charge in [0.15, 0.2) is 0 Å². The van der Waals surface area contributed by atoms with E-state index in [1.54, 1.807) is 0 Å². The van der Waals surface area contributed by atoms with Crippen LogP contribution in [0.2, 0.25) is 0 Å². The summed E-state index contributed by atoms with van der Waals surface area (Å²) >= 11 is 7.03. The van der Waals surface area contributed by atoms with Crippen molar-refractivity contribution in [2.45, 2.75) is 25.0 Å². The smallest absolute Gasteiger partial charge is 0.120 e. The van der Waals surface area contributed by atoms with Crippen LogP contribution < -0.4 is 16.0 Å². The van der Waals surface area contributed by atoms with E-state index < -0.39 is 0 Å². The number of rotatable bonds is 5. The highest BCUT2D eigenvalue weighted by molar-refractivity contribution is 9.11. The van der Waals surface area contributed by atoms with Crippen LogP contribution in [0.4, 0.5) is 0 Å². The molecule has 5 heteroatoms. The van der Waals surface area contributed by atoms with Gasteiger partial charge in [0, 0.05) is 8.95 Å². The fourth-order valence-corrected chi connectivity index (χ4v) is 3.60. The van der Waals surface area contributed by atoms with Crippen LogP contribution in [0.15, 0.2) is 51.4 Å². The number of halogens is 2. The topological polar surface area (TPSA) is 47.3 Å². The van der Waals surface area contributed by atoms with Crippen molar-refractivity contribution in [3.8, 4) is 5.75 Å². The zero-order valence-electron chi connectivity index (χ0n) is 11.4. The first kappa shape index (κ1) is 15.0. The summed E-state index contributed by atoms with van der Waals surface area (Å²) in [5, 5.41) is 0.